The summed E-state index contributed by atoms with van der Waals surface area (Å²) in [6, 6.07) is 18.6. The van der Waals surface area contributed by atoms with E-state index in [0.29, 0.717) is 27.1 Å². The Morgan fingerprint density at radius 1 is 1.13 bits per heavy atom. The molecule has 1 aromatic heterocycles. The van der Waals surface area contributed by atoms with Crippen LogP contribution in [0.25, 0.3) is 22.0 Å². The second kappa shape index (κ2) is 8.57. The van der Waals surface area contributed by atoms with Crippen LogP contribution >= 0.6 is 23.2 Å². The number of amides is 1. The Kier molecular flexibility index (Phi) is 5.70. The molecule has 2 N–H and O–H groups in total. The molecule has 0 radical (unpaired) electrons. The number of benzene rings is 3. The predicted molar refractivity (Wildman–Crippen MR) is 120 cm³/mol. The summed E-state index contributed by atoms with van der Waals surface area (Å²) in [5.74, 6) is 0.225. The molecule has 0 unspecified atom stereocenters. The number of H-pyrrole nitrogens is 1. The first-order chi connectivity index (χ1) is 14.6. The van der Waals surface area contributed by atoms with Gasteiger partial charge >= 0.3 is 0 Å². The van der Waals surface area contributed by atoms with Gasteiger partial charge in [-0.05, 0) is 29.0 Å². The summed E-state index contributed by atoms with van der Waals surface area (Å²) in [7, 11) is 1.60. The van der Waals surface area contributed by atoms with Gasteiger partial charge in [0.2, 0.25) is 0 Å². The van der Waals surface area contributed by atoms with Crippen molar-refractivity contribution in [2.45, 2.75) is 0 Å². The van der Waals surface area contributed by atoms with Gasteiger partial charge in [0.05, 0.1) is 34.6 Å². The first kappa shape index (κ1) is 19.9. The van der Waals surface area contributed by atoms with Crippen molar-refractivity contribution in [1.82, 2.24) is 15.6 Å². The van der Waals surface area contributed by atoms with Crippen molar-refractivity contribution in [2.75, 3.05) is 7.11 Å². The Hall–Kier alpha value is -3.35. The highest BCUT2D eigenvalue weighted by Crippen LogP contribution is 2.36. The Labute approximate surface area is 182 Å². The normalized spacial score (nSPS) is 11.2. The molecule has 0 aliphatic rings. The maximum Gasteiger partial charge on any atom is 0.289 e. The minimum absolute atomic E-state index is 0.259. The molecule has 6 nitrogen and oxygen atoms in total. The van der Waals surface area contributed by atoms with Crippen LogP contribution in [0.4, 0.5) is 0 Å². The number of methoxy groups -OCH3 is 1. The van der Waals surface area contributed by atoms with Crippen LogP contribution < -0.4 is 10.2 Å². The third-order valence-electron chi connectivity index (χ3n) is 4.54. The number of aromatic nitrogens is 2. The van der Waals surface area contributed by atoms with Crippen molar-refractivity contribution in [2.24, 2.45) is 5.10 Å². The zero-order valence-corrected chi connectivity index (χ0v) is 17.3. The molecule has 0 saturated carbocycles. The van der Waals surface area contributed by atoms with Crippen molar-refractivity contribution in [1.29, 1.82) is 0 Å². The van der Waals surface area contributed by atoms with Gasteiger partial charge in [-0.15, -0.1) is 0 Å². The summed E-state index contributed by atoms with van der Waals surface area (Å²) in [5.41, 5.74) is 4.70. The topological polar surface area (TPSA) is 79.4 Å². The van der Waals surface area contributed by atoms with Gasteiger partial charge < -0.3 is 4.74 Å². The summed E-state index contributed by atoms with van der Waals surface area (Å²) in [6.45, 7) is 0. The SMILES string of the molecule is COc1ccc2ccccc2c1-c1cc(C(=O)NN=Cc2cccc(Cl)c2Cl)[nH]n1. The van der Waals surface area contributed by atoms with E-state index in [-0.39, 0.29) is 5.69 Å². The van der Waals surface area contributed by atoms with Crippen molar-refractivity contribution in [3.8, 4) is 17.0 Å². The molecule has 3 aromatic carbocycles. The molecule has 1 heterocycles. The van der Waals surface area contributed by atoms with Crippen molar-refractivity contribution >= 4 is 46.1 Å². The smallest absolute Gasteiger partial charge is 0.289 e. The van der Waals surface area contributed by atoms with Crippen molar-refractivity contribution in [3.05, 3.63) is 82.0 Å². The maximum absolute atomic E-state index is 12.5. The molecule has 0 aliphatic carbocycles. The first-order valence-electron chi connectivity index (χ1n) is 8.97. The molecule has 4 rings (SSSR count). The standard InChI is InChI=1S/C22H16Cl2N4O2/c1-30-19-10-9-13-5-2-3-7-15(13)20(19)17-11-18(27-26-17)22(29)28-25-12-14-6-4-8-16(23)21(14)24/h2-12H,1H3,(H,26,27)(H,28,29). The highest BCUT2D eigenvalue weighted by atomic mass is 35.5. The molecule has 0 saturated heterocycles. The molecule has 0 bridgehead atoms. The molecule has 0 fully saturated rings. The lowest BCUT2D eigenvalue weighted by atomic mass is 10.0. The van der Waals surface area contributed by atoms with Crippen LogP contribution in [0.15, 0.2) is 65.8 Å². The summed E-state index contributed by atoms with van der Waals surface area (Å²) in [4.78, 5) is 12.5. The second-order valence-corrected chi connectivity index (χ2v) is 7.16. The van der Waals surface area contributed by atoms with E-state index < -0.39 is 5.91 Å². The summed E-state index contributed by atoms with van der Waals surface area (Å²) < 4.78 is 5.51. The Morgan fingerprint density at radius 3 is 2.80 bits per heavy atom. The maximum atomic E-state index is 12.5. The van der Waals surface area contributed by atoms with Crippen LogP contribution in [-0.4, -0.2) is 29.4 Å². The van der Waals surface area contributed by atoms with E-state index in [1.807, 2.05) is 36.4 Å². The zero-order valence-electron chi connectivity index (χ0n) is 15.8. The number of nitrogens with one attached hydrogen (secondary N) is 2. The van der Waals surface area contributed by atoms with Crippen molar-refractivity contribution in [3.63, 3.8) is 0 Å². The first-order valence-corrected chi connectivity index (χ1v) is 9.73. The van der Waals surface area contributed by atoms with E-state index in [0.717, 1.165) is 16.3 Å². The van der Waals surface area contributed by atoms with Gasteiger partial charge in [0.15, 0.2) is 0 Å². The average molecular weight is 439 g/mol. The fourth-order valence-electron chi connectivity index (χ4n) is 3.09. The number of ether oxygens (including phenoxy) is 1. The molecule has 8 heteroatoms. The number of rotatable bonds is 5. The highest BCUT2D eigenvalue weighted by molar-refractivity contribution is 6.43. The molecule has 150 valence electrons. The van der Waals surface area contributed by atoms with Gasteiger partial charge in [-0.3, -0.25) is 9.89 Å². The van der Waals surface area contributed by atoms with Gasteiger partial charge in [-0.2, -0.15) is 10.2 Å². The fraction of sp³-hybridized carbons (Fsp3) is 0.0455. The molecule has 0 atom stereocenters. The third-order valence-corrected chi connectivity index (χ3v) is 5.37. The van der Waals surface area contributed by atoms with E-state index in [1.165, 1.54) is 6.21 Å². The van der Waals surface area contributed by atoms with Crippen LogP contribution in [0.5, 0.6) is 5.75 Å². The number of hydrogen-bond acceptors (Lipinski definition) is 4. The van der Waals surface area contributed by atoms with Crippen LogP contribution in [0.1, 0.15) is 16.1 Å². The van der Waals surface area contributed by atoms with Gasteiger partial charge in [-0.1, -0.05) is 65.7 Å². The molecule has 0 aliphatic heterocycles. The minimum atomic E-state index is -0.442. The van der Waals surface area contributed by atoms with E-state index in [1.54, 1.807) is 31.4 Å². The predicted octanol–water partition coefficient (Wildman–Crippen LogP) is 5.31. The Bertz CT molecular complexity index is 1270. The van der Waals surface area contributed by atoms with E-state index >= 15 is 0 Å². The largest absolute Gasteiger partial charge is 0.496 e. The van der Waals surface area contributed by atoms with Gasteiger partial charge in [0.1, 0.15) is 11.4 Å². The van der Waals surface area contributed by atoms with Gasteiger partial charge in [0.25, 0.3) is 5.91 Å². The van der Waals surface area contributed by atoms with Gasteiger partial charge in [-0.25, -0.2) is 5.43 Å². The average Bonchev–Trinajstić information content (AvgIpc) is 3.25. The molecule has 0 spiro atoms. The second-order valence-electron chi connectivity index (χ2n) is 6.37. The minimum Gasteiger partial charge on any atom is -0.496 e. The number of aromatic amines is 1. The number of carbonyl (C=O) groups excluding carboxylic acids is 1. The molecule has 1 amide bonds. The number of halogens is 2. The van der Waals surface area contributed by atoms with E-state index in [9.17, 15) is 4.79 Å². The number of carbonyl (C=O) groups is 1. The van der Waals surface area contributed by atoms with Crippen LogP contribution in [0, 0.1) is 0 Å². The Morgan fingerprint density at radius 2 is 1.97 bits per heavy atom. The van der Waals surface area contributed by atoms with E-state index in [2.05, 4.69) is 20.7 Å². The molecular formula is C22H16Cl2N4O2. The lowest BCUT2D eigenvalue weighted by molar-refractivity contribution is 0.0950. The number of nitrogens with zero attached hydrogens (tertiary/aromatic N) is 2. The number of hydrogen-bond donors (Lipinski definition) is 2. The van der Waals surface area contributed by atoms with Crippen LogP contribution in [0.3, 0.4) is 0 Å². The van der Waals surface area contributed by atoms with Crippen LogP contribution in [0.2, 0.25) is 10.0 Å². The fourth-order valence-corrected chi connectivity index (χ4v) is 3.45. The lowest BCUT2D eigenvalue weighted by Crippen LogP contribution is -2.18. The monoisotopic (exact) mass is 438 g/mol. The quantitative estimate of drug-likeness (QED) is 0.327. The van der Waals surface area contributed by atoms with Gasteiger partial charge in [0, 0.05) is 5.56 Å². The van der Waals surface area contributed by atoms with E-state index in [4.69, 9.17) is 27.9 Å². The lowest BCUT2D eigenvalue weighted by Gasteiger charge is -2.09. The molecular weight excluding hydrogens is 423 g/mol. The summed E-state index contributed by atoms with van der Waals surface area (Å²) >= 11 is 12.1. The third kappa shape index (κ3) is 3.87. The van der Waals surface area contributed by atoms with Crippen LogP contribution in [-0.2, 0) is 0 Å². The Balaban J connectivity index is 1.59. The highest BCUT2D eigenvalue weighted by Gasteiger charge is 2.16. The molecule has 30 heavy (non-hydrogen) atoms. The summed E-state index contributed by atoms with van der Waals surface area (Å²) in [5, 5.41) is 13.8. The zero-order chi connectivity index (χ0) is 21.1. The summed E-state index contributed by atoms with van der Waals surface area (Å²) in [6.07, 6.45) is 1.43. The number of hydrazone groups is 1. The molecule has 4 aromatic rings. The number of fused-ring (bicyclic) bond motifs is 1. The van der Waals surface area contributed by atoms with Crippen molar-refractivity contribution < 1.29 is 9.53 Å².